The van der Waals surface area contributed by atoms with Crippen LogP contribution < -0.4 is 5.32 Å². The minimum atomic E-state index is -3.27. The fourth-order valence-electron chi connectivity index (χ4n) is 1.93. The molecule has 0 aliphatic carbocycles. The summed E-state index contributed by atoms with van der Waals surface area (Å²) in [5.41, 5.74) is 1.60. The Morgan fingerprint density at radius 2 is 2.14 bits per heavy atom. The van der Waals surface area contributed by atoms with Crippen molar-refractivity contribution in [3.63, 3.8) is 0 Å². The van der Waals surface area contributed by atoms with Crippen LogP contribution in [0, 0.1) is 6.92 Å². The Kier molecular flexibility index (Phi) is 3.45. The van der Waals surface area contributed by atoms with E-state index in [1.54, 1.807) is 19.1 Å². The number of aryl methyl sites for hydroxylation is 1. The normalized spacial score (nSPS) is 11.7. The van der Waals surface area contributed by atoms with Crippen molar-refractivity contribution in [2.24, 2.45) is 0 Å². The predicted octanol–water partition coefficient (Wildman–Crippen LogP) is 1.98. The maximum absolute atomic E-state index is 12.1. The Morgan fingerprint density at radius 1 is 1.36 bits per heavy atom. The van der Waals surface area contributed by atoms with E-state index in [0.29, 0.717) is 26.7 Å². The van der Waals surface area contributed by atoms with Crippen LogP contribution in [-0.4, -0.2) is 35.5 Å². The molecule has 2 heterocycles. The zero-order valence-corrected chi connectivity index (χ0v) is 13.4. The number of amides is 1. The third kappa shape index (κ3) is 2.72. The molecule has 1 aromatic carbocycles. The van der Waals surface area contributed by atoms with Gasteiger partial charge in [0.2, 0.25) is 0 Å². The second-order valence-corrected chi connectivity index (χ2v) is 7.80. The van der Waals surface area contributed by atoms with E-state index in [0.717, 1.165) is 6.26 Å². The number of carbonyl (C=O) groups excluding carboxylic acids is 1. The fraction of sp³-hybridized carbons (Fsp3) is 0.154. The number of fused-ring (bicyclic) bond motifs is 1. The second-order valence-electron chi connectivity index (χ2n) is 4.75. The number of aromatic nitrogens is 3. The molecule has 0 unspecified atom stereocenters. The van der Waals surface area contributed by atoms with Crippen molar-refractivity contribution in [3.05, 3.63) is 35.9 Å². The summed E-state index contributed by atoms with van der Waals surface area (Å²) in [5, 5.41) is 3.07. The first-order valence-electron chi connectivity index (χ1n) is 6.26. The molecule has 3 aromatic rings. The molecule has 7 nitrogen and oxygen atoms in total. The van der Waals surface area contributed by atoms with E-state index in [1.807, 2.05) is 0 Å². The maximum Gasteiger partial charge on any atom is 0.277 e. The van der Waals surface area contributed by atoms with Gasteiger partial charge in [0.25, 0.3) is 5.91 Å². The first-order valence-corrected chi connectivity index (χ1v) is 8.97. The van der Waals surface area contributed by atoms with E-state index in [2.05, 4.69) is 20.3 Å². The summed E-state index contributed by atoms with van der Waals surface area (Å²) in [6.45, 7) is 1.75. The number of anilines is 1. The van der Waals surface area contributed by atoms with Gasteiger partial charge in [-0.05, 0) is 25.1 Å². The van der Waals surface area contributed by atoms with E-state index >= 15 is 0 Å². The van der Waals surface area contributed by atoms with Crippen molar-refractivity contribution in [1.29, 1.82) is 0 Å². The van der Waals surface area contributed by atoms with Crippen molar-refractivity contribution in [2.45, 2.75) is 11.8 Å². The highest BCUT2D eigenvalue weighted by molar-refractivity contribution is 7.90. The summed E-state index contributed by atoms with van der Waals surface area (Å²) >= 11 is 1.21. The quantitative estimate of drug-likeness (QED) is 0.761. The lowest BCUT2D eigenvalue weighted by Gasteiger charge is -1.98. The van der Waals surface area contributed by atoms with E-state index in [4.69, 9.17) is 0 Å². The number of imidazole rings is 1. The topological polar surface area (TPSA) is 105 Å². The Labute approximate surface area is 130 Å². The number of nitrogens with zero attached hydrogens (tertiary/aromatic N) is 2. The van der Waals surface area contributed by atoms with Gasteiger partial charge in [0.05, 0.1) is 21.4 Å². The number of rotatable bonds is 3. The van der Waals surface area contributed by atoms with Crippen molar-refractivity contribution >= 4 is 42.4 Å². The fourth-order valence-corrected chi connectivity index (χ4v) is 3.56. The molecule has 1 amide bonds. The van der Waals surface area contributed by atoms with Crippen LogP contribution in [0.1, 0.15) is 16.2 Å². The first-order chi connectivity index (χ1) is 10.3. The zero-order chi connectivity index (χ0) is 15.9. The van der Waals surface area contributed by atoms with Crippen LogP contribution in [0.3, 0.4) is 0 Å². The number of nitrogens with one attached hydrogen (secondary N) is 2. The Balaban J connectivity index is 1.93. The minimum Gasteiger partial charge on any atom is -0.348 e. The standard InChI is InChI=1S/C13H12N4O3S2/c1-7-11(15-6-14-7)12(18)17-13-16-9-4-3-8(22(2,19)20)5-10(9)21-13/h3-6H,1-2H3,(H,14,15)(H,16,17,18). The van der Waals surface area contributed by atoms with Crippen molar-refractivity contribution in [1.82, 2.24) is 15.0 Å². The average molecular weight is 336 g/mol. The van der Waals surface area contributed by atoms with Crippen LogP contribution in [0.25, 0.3) is 10.2 Å². The smallest absolute Gasteiger partial charge is 0.277 e. The van der Waals surface area contributed by atoms with Gasteiger partial charge in [-0.1, -0.05) is 11.3 Å². The summed E-state index contributed by atoms with van der Waals surface area (Å²) < 4.78 is 23.8. The molecule has 0 spiro atoms. The molecule has 22 heavy (non-hydrogen) atoms. The predicted molar refractivity (Wildman–Crippen MR) is 84.0 cm³/mol. The molecule has 114 valence electrons. The number of hydrogen-bond donors (Lipinski definition) is 2. The molecule has 3 rings (SSSR count). The van der Waals surface area contributed by atoms with Gasteiger partial charge < -0.3 is 4.98 Å². The van der Waals surface area contributed by atoms with Crippen LogP contribution in [0.2, 0.25) is 0 Å². The molecule has 0 bridgehead atoms. The molecule has 0 aliphatic rings. The Bertz CT molecular complexity index is 972. The summed E-state index contributed by atoms with van der Waals surface area (Å²) in [7, 11) is -3.27. The lowest BCUT2D eigenvalue weighted by molar-refractivity contribution is 0.102. The van der Waals surface area contributed by atoms with Crippen LogP contribution in [-0.2, 0) is 9.84 Å². The zero-order valence-electron chi connectivity index (χ0n) is 11.7. The lowest BCUT2D eigenvalue weighted by atomic mass is 10.3. The van der Waals surface area contributed by atoms with E-state index in [-0.39, 0.29) is 10.8 Å². The molecule has 0 aliphatic heterocycles. The number of H-pyrrole nitrogens is 1. The number of benzene rings is 1. The van der Waals surface area contributed by atoms with Gasteiger partial charge in [-0.2, -0.15) is 0 Å². The van der Waals surface area contributed by atoms with Gasteiger partial charge in [-0.25, -0.2) is 18.4 Å². The molecule has 0 saturated heterocycles. The SMILES string of the molecule is Cc1[nH]cnc1C(=O)Nc1nc2ccc(S(C)(=O)=O)cc2s1. The monoisotopic (exact) mass is 336 g/mol. The van der Waals surface area contributed by atoms with E-state index < -0.39 is 9.84 Å². The summed E-state index contributed by atoms with van der Waals surface area (Å²) in [5.74, 6) is -0.360. The molecular formula is C13H12N4O3S2. The average Bonchev–Trinajstić information content (AvgIpc) is 3.01. The molecule has 2 aromatic heterocycles. The minimum absolute atomic E-state index is 0.227. The molecule has 0 fully saturated rings. The van der Waals surface area contributed by atoms with Crippen molar-refractivity contribution in [3.8, 4) is 0 Å². The van der Waals surface area contributed by atoms with Crippen molar-refractivity contribution < 1.29 is 13.2 Å². The maximum atomic E-state index is 12.1. The highest BCUT2D eigenvalue weighted by Gasteiger charge is 2.15. The molecule has 9 heteroatoms. The van der Waals surface area contributed by atoms with E-state index in [1.165, 1.54) is 23.7 Å². The van der Waals surface area contributed by atoms with Crippen LogP contribution in [0.5, 0.6) is 0 Å². The largest absolute Gasteiger partial charge is 0.348 e. The van der Waals surface area contributed by atoms with Crippen LogP contribution >= 0.6 is 11.3 Å². The molecule has 0 atom stereocenters. The number of sulfone groups is 1. The van der Waals surface area contributed by atoms with E-state index in [9.17, 15) is 13.2 Å². The van der Waals surface area contributed by atoms with Gasteiger partial charge >= 0.3 is 0 Å². The number of aromatic amines is 1. The van der Waals surface area contributed by atoms with Crippen LogP contribution in [0.15, 0.2) is 29.4 Å². The first kappa shape index (κ1) is 14.7. The molecule has 0 saturated carbocycles. The van der Waals surface area contributed by atoms with Gasteiger partial charge in [0.15, 0.2) is 15.0 Å². The highest BCUT2D eigenvalue weighted by atomic mass is 32.2. The van der Waals surface area contributed by atoms with Crippen molar-refractivity contribution in [2.75, 3.05) is 11.6 Å². The number of thiazole rings is 1. The Morgan fingerprint density at radius 3 is 2.77 bits per heavy atom. The number of carbonyl (C=O) groups is 1. The van der Waals surface area contributed by atoms with Gasteiger partial charge in [0.1, 0.15) is 5.69 Å². The van der Waals surface area contributed by atoms with Gasteiger partial charge in [-0.15, -0.1) is 0 Å². The molecular weight excluding hydrogens is 324 g/mol. The molecule has 2 N–H and O–H groups in total. The summed E-state index contributed by atoms with van der Waals surface area (Å²) in [6.07, 6.45) is 2.60. The van der Waals surface area contributed by atoms with Crippen LogP contribution in [0.4, 0.5) is 5.13 Å². The van der Waals surface area contributed by atoms with Gasteiger partial charge in [-0.3, -0.25) is 10.1 Å². The highest BCUT2D eigenvalue weighted by Crippen LogP contribution is 2.28. The second kappa shape index (κ2) is 5.18. The molecule has 0 radical (unpaired) electrons. The Hall–Kier alpha value is -2.26. The summed E-state index contributed by atoms with van der Waals surface area (Å²) in [6, 6.07) is 4.68. The third-order valence-electron chi connectivity index (χ3n) is 3.05. The summed E-state index contributed by atoms with van der Waals surface area (Å²) in [4.78, 5) is 23.3. The third-order valence-corrected chi connectivity index (χ3v) is 5.10. The van der Waals surface area contributed by atoms with Gasteiger partial charge in [0, 0.05) is 11.9 Å². The number of hydrogen-bond acceptors (Lipinski definition) is 6. The lowest BCUT2D eigenvalue weighted by Crippen LogP contribution is -2.13.